The number of halogens is 1. The maximum Gasteiger partial charge on any atom is 0.0406 e. The maximum atomic E-state index is 5.88. The van der Waals surface area contributed by atoms with Gasteiger partial charge in [-0.1, -0.05) is 35.9 Å². The van der Waals surface area contributed by atoms with Crippen molar-refractivity contribution in [2.24, 2.45) is 0 Å². The molecule has 1 N–H and O–H groups in total. The average molecular weight is 244 g/mol. The standard InChI is InChI=1S/C15H14ClN/c16-13-5-1-11(2-6-13)12-3-7-14(8-4-12)17-15-9-10-15/h1-8,15,17H,9-10H2. The van der Waals surface area contributed by atoms with E-state index in [9.17, 15) is 0 Å². The molecular weight excluding hydrogens is 230 g/mol. The van der Waals surface area contributed by atoms with E-state index in [0.717, 1.165) is 5.02 Å². The lowest BCUT2D eigenvalue weighted by molar-refractivity contribution is 1.16. The van der Waals surface area contributed by atoms with Gasteiger partial charge in [-0.05, 0) is 48.2 Å². The smallest absolute Gasteiger partial charge is 0.0406 e. The predicted molar refractivity (Wildman–Crippen MR) is 73.5 cm³/mol. The van der Waals surface area contributed by atoms with Crippen LogP contribution in [0.1, 0.15) is 12.8 Å². The minimum atomic E-state index is 0.705. The SMILES string of the molecule is Clc1ccc(-c2ccc(NC3CC3)cc2)cc1. The predicted octanol–water partition coefficient (Wildman–Crippen LogP) is 4.58. The van der Waals surface area contributed by atoms with Gasteiger partial charge in [0.15, 0.2) is 0 Å². The van der Waals surface area contributed by atoms with Gasteiger partial charge in [0.2, 0.25) is 0 Å². The van der Waals surface area contributed by atoms with Crippen LogP contribution in [0.3, 0.4) is 0 Å². The Bertz CT molecular complexity index is 497. The summed E-state index contributed by atoms with van der Waals surface area (Å²) in [4.78, 5) is 0. The molecule has 1 aliphatic carbocycles. The third-order valence-electron chi connectivity index (χ3n) is 3.01. The quantitative estimate of drug-likeness (QED) is 0.832. The molecule has 2 heteroatoms. The van der Waals surface area contributed by atoms with E-state index in [1.807, 2.05) is 24.3 Å². The Hall–Kier alpha value is -1.47. The van der Waals surface area contributed by atoms with Gasteiger partial charge in [-0.2, -0.15) is 0 Å². The van der Waals surface area contributed by atoms with Gasteiger partial charge in [-0.15, -0.1) is 0 Å². The molecule has 86 valence electrons. The maximum absolute atomic E-state index is 5.88. The Labute approximate surface area is 106 Å². The van der Waals surface area contributed by atoms with Crippen LogP contribution in [0.4, 0.5) is 5.69 Å². The molecule has 0 amide bonds. The third-order valence-corrected chi connectivity index (χ3v) is 3.26. The number of rotatable bonds is 3. The van der Waals surface area contributed by atoms with E-state index < -0.39 is 0 Å². The number of anilines is 1. The van der Waals surface area contributed by atoms with Crippen LogP contribution in [0.25, 0.3) is 11.1 Å². The van der Waals surface area contributed by atoms with Crippen LogP contribution in [0.15, 0.2) is 48.5 Å². The number of hydrogen-bond acceptors (Lipinski definition) is 1. The molecule has 1 aliphatic rings. The molecule has 2 aromatic carbocycles. The molecule has 17 heavy (non-hydrogen) atoms. The first-order valence-corrected chi connectivity index (χ1v) is 6.31. The van der Waals surface area contributed by atoms with Gasteiger partial charge in [0.05, 0.1) is 0 Å². The lowest BCUT2D eigenvalue weighted by atomic mass is 10.1. The Morgan fingerprint density at radius 2 is 1.35 bits per heavy atom. The van der Waals surface area contributed by atoms with E-state index in [1.165, 1.54) is 29.7 Å². The highest BCUT2D eigenvalue weighted by Gasteiger charge is 2.20. The van der Waals surface area contributed by atoms with Crippen molar-refractivity contribution in [2.45, 2.75) is 18.9 Å². The number of nitrogens with one attached hydrogen (secondary N) is 1. The Balaban J connectivity index is 1.80. The molecule has 0 bridgehead atoms. The van der Waals surface area contributed by atoms with Gasteiger partial charge >= 0.3 is 0 Å². The van der Waals surface area contributed by atoms with Crippen LogP contribution >= 0.6 is 11.6 Å². The topological polar surface area (TPSA) is 12.0 Å². The first-order valence-electron chi connectivity index (χ1n) is 5.94. The normalized spacial score (nSPS) is 14.6. The first-order chi connectivity index (χ1) is 8.31. The van der Waals surface area contributed by atoms with Crippen molar-refractivity contribution >= 4 is 17.3 Å². The van der Waals surface area contributed by atoms with E-state index in [4.69, 9.17) is 11.6 Å². The summed E-state index contributed by atoms with van der Waals surface area (Å²) in [6.07, 6.45) is 2.61. The molecule has 3 rings (SSSR count). The summed E-state index contributed by atoms with van der Waals surface area (Å²) in [6, 6.07) is 17.2. The van der Waals surface area contributed by atoms with Crippen LogP contribution in [0.2, 0.25) is 5.02 Å². The van der Waals surface area contributed by atoms with Gasteiger partial charge in [0.25, 0.3) is 0 Å². The zero-order chi connectivity index (χ0) is 11.7. The largest absolute Gasteiger partial charge is 0.382 e. The molecule has 0 aliphatic heterocycles. The first kappa shape index (κ1) is 10.7. The van der Waals surface area contributed by atoms with Crippen molar-refractivity contribution in [1.82, 2.24) is 0 Å². The minimum Gasteiger partial charge on any atom is -0.382 e. The molecule has 0 saturated heterocycles. The van der Waals surface area contributed by atoms with Crippen molar-refractivity contribution in [1.29, 1.82) is 0 Å². The fourth-order valence-electron chi connectivity index (χ4n) is 1.86. The molecule has 0 atom stereocenters. The summed E-state index contributed by atoms with van der Waals surface area (Å²) >= 11 is 5.88. The third kappa shape index (κ3) is 2.62. The monoisotopic (exact) mass is 243 g/mol. The molecule has 0 heterocycles. The van der Waals surface area contributed by atoms with Gasteiger partial charge in [-0.25, -0.2) is 0 Å². The molecule has 1 nitrogen and oxygen atoms in total. The lowest BCUT2D eigenvalue weighted by Crippen LogP contribution is -1.99. The molecule has 2 aromatic rings. The van der Waals surface area contributed by atoms with Crippen LogP contribution in [0, 0.1) is 0 Å². The van der Waals surface area contributed by atoms with Gasteiger partial charge < -0.3 is 5.32 Å². The van der Waals surface area contributed by atoms with Crippen molar-refractivity contribution in [3.8, 4) is 11.1 Å². The summed E-state index contributed by atoms with van der Waals surface area (Å²) in [5.74, 6) is 0. The number of hydrogen-bond donors (Lipinski definition) is 1. The highest BCUT2D eigenvalue weighted by molar-refractivity contribution is 6.30. The van der Waals surface area contributed by atoms with Gasteiger partial charge in [0.1, 0.15) is 0 Å². The summed E-state index contributed by atoms with van der Waals surface area (Å²) < 4.78 is 0. The highest BCUT2D eigenvalue weighted by Crippen LogP contribution is 2.27. The summed E-state index contributed by atoms with van der Waals surface area (Å²) in [5, 5.41) is 4.26. The zero-order valence-corrected chi connectivity index (χ0v) is 10.2. The summed E-state index contributed by atoms with van der Waals surface area (Å²) in [5.41, 5.74) is 3.64. The van der Waals surface area contributed by atoms with E-state index in [1.54, 1.807) is 0 Å². The fraction of sp³-hybridized carbons (Fsp3) is 0.200. The molecule has 0 unspecified atom stereocenters. The van der Waals surface area contributed by atoms with Gasteiger partial charge in [-0.3, -0.25) is 0 Å². The Morgan fingerprint density at radius 1 is 0.824 bits per heavy atom. The minimum absolute atomic E-state index is 0.705. The number of benzene rings is 2. The second kappa shape index (κ2) is 4.42. The van der Waals surface area contributed by atoms with E-state index >= 15 is 0 Å². The van der Waals surface area contributed by atoms with Crippen molar-refractivity contribution < 1.29 is 0 Å². The molecule has 0 radical (unpaired) electrons. The summed E-state index contributed by atoms with van der Waals surface area (Å²) in [7, 11) is 0. The molecule has 1 fully saturated rings. The zero-order valence-electron chi connectivity index (χ0n) is 9.49. The van der Waals surface area contributed by atoms with Gasteiger partial charge in [0, 0.05) is 16.8 Å². The van der Waals surface area contributed by atoms with E-state index in [0.29, 0.717) is 6.04 Å². The van der Waals surface area contributed by atoms with E-state index in [2.05, 4.69) is 29.6 Å². The van der Waals surface area contributed by atoms with E-state index in [-0.39, 0.29) is 0 Å². The molecule has 0 spiro atoms. The lowest BCUT2D eigenvalue weighted by Gasteiger charge is -2.06. The van der Waals surface area contributed by atoms with Crippen LogP contribution in [-0.4, -0.2) is 6.04 Å². The average Bonchev–Trinajstić information content (AvgIpc) is 3.15. The van der Waals surface area contributed by atoms with Crippen LogP contribution < -0.4 is 5.32 Å². The Morgan fingerprint density at radius 3 is 1.88 bits per heavy atom. The fourth-order valence-corrected chi connectivity index (χ4v) is 1.99. The summed E-state index contributed by atoms with van der Waals surface area (Å²) in [6.45, 7) is 0. The molecule has 0 aromatic heterocycles. The van der Waals surface area contributed by atoms with Crippen molar-refractivity contribution in [2.75, 3.05) is 5.32 Å². The molecule has 1 saturated carbocycles. The van der Waals surface area contributed by atoms with Crippen LogP contribution in [-0.2, 0) is 0 Å². The molecular formula is C15H14ClN. The van der Waals surface area contributed by atoms with Crippen LogP contribution in [0.5, 0.6) is 0 Å². The van der Waals surface area contributed by atoms with Crippen molar-refractivity contribution in [3.05, 3.63) is 53.6 Å². The second-order valence-corrected chi connectivity index (χ2v) is 4.94. The second-order valence-electron chi connectivity index (χ2n) is 4.50. The highest BCUT2D eigenvalue weighted by atomic mass is 35.5. The Kier molecular flexibility index (Phi) is 2.77. The van der Waals surface area contributed by atoms with Crippen molar-refractivity contribution in [3.63, 3.8) is 0 Å².